The fraction of sp³-hybridized carbons (Fsp3) is 0.524. The molecule has 0 radical (unpaired) electrons. The lowest BCUT2D eigenvalue weighted by Crippen LogP contribution is -2.46. The molecule has 1 N–H and O–H groups in total. The highest BCUT2D eigenvalue weighted by Gasteiger charge is 2.47. The zero-order valence-corrected chi connectivity index (χ0v) is 15.3. The Morgan fingerprint density at radius 3 is 2.92 bits per heavy atom. The maximum absolute atomic E-state index is 5.89. The second-order valence-electron chi connectivity index (χ2n) is 7.46. The molecule has 0 spiro atoms. The van der Waals surface area contributed by atoms with Gasteiger partial charge in [-0.3, -0.25) is 9.97 Å². The maximum atomic E-state index is 5.89. The molecule has 3 heterocycles. The summed E-state index contributed by atoms with van der Waals surface area (Å²) in [4.78, 5) is 8.50. The lowest BCUT2D eigenvalue weighted by atomic mass is 10.1. The summed E-state index contributed by atoms with van der Waals surface area (Å²) in [5.74, 6) is 2.83. The van der Waals surface area contributed by atoms with Crippen LogP contribution in [-0.2, 0) is 11.3 Å². The van der Waals surface area contributed by atoms with Crippen molar-refractivity contribution in [3.8, 4) is 5.75 Å². The second kappa shape index (κ2) is 8.14. The summed E-state index contributed by atoms with van der Waals surface area (Å²) in [5.41, 5.74) is 2.43. The summed E-state index contributed by atoms with van der Waals surface area (Å²) in [6.45, 7) is 5.59. The van der Waals surface area contributed by atoms with Gasteiger partial charge in [0.2, 0.25) is 0 Å². The van der Waals surface area contributed by atoms with Gasteiger partial charge in [-0.05, 0) is 60.4 Å². The fourth-order valence-corrected chi connectivity index (χ4v) is 3.82. The molecule has 4 rings (SSSR count). The molecule has 5 nitrogen and oxygen atoms in total. The average Bonchev–Trinajstić information content (AvgIpc) is 3.28. The Morgan fingerprint density at radius 1 is 1.23 bits per heavy atom. The minimum absolute atomic E-state index is 0.503. The maximum Gasteiger partial charge on any atom is 0.137 e. The van der Waals surface area contributed by atoms with Crippen LogP contribution < -0.4 is 10.1 Å². The van der Waals surface area contributed by atoms with Gasteiger partial charge in [-0.15, -0.1) is 0 Å². The van der Waals surface area contributed by atoms with Crippen LogP contribution in [0.25, 0.3) is 0 Å². The number of ether oxygens (including phenoxy) is 2. The first-order valence-corrected chi connectivity index (χ1v) is 9.59. The van der Waals surface area contributed by atoms with Crippen molar-refractivity contribution in [1.29, 1.82) is 0 Å². The Bertz CT molecular complexity index is 705. The topological polar surface area (TPSA) is 56.3 Å². The van der Waals surface area contributed by atoms with Gasteiger partial charge in [0.15, 0.2) is 0 Å². The summed E-state index contributed by atoms with van der Waals surface area (Å²) in [5, 5.41) is 3.36. The molecule has 0 bridgehead atoms. The summed E-state index contributed by atoms with van der Waals surface area (Å²) < 4.78 is 11.7. The van der Waals surface area contributed by atoms with E-state index in [1.165, 1.54) is 12.0 Å². The van der Waals surface area contributed by atoms with E-state index in [4.69, 9.17) is 9.47 Å². The Hall–Kier alpha value is -1.98. The van der Waals surface area contributed by atoms with Crippen LogP contribution in [-0.4, -0.2) is 35.8 Å². The van der Waals surface area contributed by atoms with Crippen LogP contribution in [0, 0.1) is 11.8 Å². The van der Waals surface area contributed by atoms with Gasteiger partial charge < -0.3 is 14.8 Å². The van der Waals surface area contributed by atoms with Crippen molar-refractivity contribution < 1.29 is 9.47 Å². The molecule has 1 aliphatic carbocycles. The van der Waals surface area contributed by atoms with Gasteiger partial charge in [0, 0.05) is 31.2 Å². The van der Waals surface area contributed by atoms with Gasteiger partial charge in [-0.1, -0.05) is 13.0 Å². The molecule has 138 valence electrons. The van der Waals surface area contributed by atoms with Crippen LogP contribution >= 0.6 is 0 Å². The van der Waals surface area contributed by atoms with Crippen molar-refractivity contribution in [1.82, 2.24) is 15.3 Å². The zero-order valence-electron chi connectivity index (χ0n) is 15.3. The monoisotopic (exact) mass is 353 g/mol. The van der Waals surface area contributed by atoms with Gasteiger partial charge in [0.05, 0.1) is 12.8 Å². The van der Waals surface area contributed by atoms with Crippen LogP contribution in [0.1, 0.15) is 36.8 Å². The number of nitrogens with one attached hydrogen (secondary N) is 1. The first-order chi connectivity index (χ1) is 12.8. The summed E-state index contributed by atoms with van der Waals surface area (Å²) in [6, 6.07) is 6.67. The number of hydrogen-bond donors (Lipinski definition) is 1. The van der Waals surface area contributed by atoms with Crippen LogP contribution in [0.5, 0.6) is 5.75 Å². The van der Waals surface area contributed by atoms with Crippen LogP contribution in [0.3, 0.4) is 0 Å². The number of nitrogens with zero attached hydrogens (tertiary/aromatic N) is 2. The molecular weight excluding hydrogens is 326 g/mol. The van der Waals surface area contributed by atoms with Gasteiger partial charge in [0.1, 0.15) is 12.4 Å². The molecule has 1 saturated carbocycles. The Balaban J connectivity index is 1.23. The van der Waals surface area contributed by atoms with Crippen molar-refractivity contribution in [2.75, 3.05) is 19.8 Å². The number of hydrogen-bond acceptors (Lipinski definition) is 5. The van der Waals surface area contributed by atoms with Gasteiger partial charge in [0.25, 0.3) is 0 Å². The molecule has 1 saturated heterocycles. The van der Waals surface area contributed by atoms with E-state index in [1.807, 2.05) is 30.7 Å². The summed E-state index contributed by atoms with van der Waals surface area (Å²) in [7, 11) is 0. The summed E-state index contributed by atoms with van der Waals surface area (Å²) >= 11 is 0. The SMILES string of the molecule is CC1C(CCOCc2cccnc2)C1c1cncc(OCC2CCN2)c1. The van der Waals surface area contributed by atoms with Crippen molar-refractivity contribution in [2.24, 2.45) is 11.8 Å². The van der Waals surface area contributed by atoms with Crippen LogP contribution in [0.15, 0.2) is 43.0 Å². The van der Waals surface area contributed by atoms with E-state index in [1.54, 1.807) is 6.20 Å². The number of aromatic nitrogens is 2. The molecule has 2 aliphatic rings. The van der Waals surface area contributed by atoms with Gasteiger partial charge >= 0.3 is 0 Å². The third-order valence-corrected chi connectivity index (χ3v) is 5.65. The van der Waals surface area contributed by atoms with Gasteiger partial charge in [-0.2, -0.15) is 0 Å². The van der Waals surface area contributed by atoms with Crippen molar-refractivity contribution >= 4 is 0 Å². The molecular formula is C21H27N3O2. The molecule has 5 heteroatoms. The van der Waals surface area contributed by atoms with Crippen LogP contribution in [0.2, 0.25) is 0 Å². The Kier molecular flexibility index (Phi) is 5.46. The Morgan fingerprint density at radius 2 is 2.15 bits per heavy atom. The predicted octanol–water partition coefficient (Wildman–Crippen LogP) is 3.17. The molecule has 26 heavy (non-hydrogen) atoms. The minimum atomic E-state index is 0.503. The normalized spacial score (nSPS) is 27.0. The second-order valence-corrected chi connectivity index (χ2v) is 7.46. The third kappa shape index (κ3) is 4.22. The van der Waals surface area contributed by atoms with Gasteiger partial charge in [-0.25, -0.2) is 0 Å². The average molecular weight is 353 g/mol. The fourth-order valence-electron chi connectivity index (χ4n) is 3.82. The highest BCUT2D eigenvalue weighted by molar-refractivity contribution is 5.31. The molecule has 0 amide bonds. The highest BCUT2D eigenvalue weighted by Crippen LogP contribution is 2.55. The highest BCUT2D eigenvalue weighted by atomic mass is 16.5. The molecule has 4 unspecified atom stereocenters. The first kappa shape index (κ1) is 17.4. The van der Waals surface area contributed by atoms with E-state index in [-0.39, 0.29) is 0 Å². The minimum Gasteiger partial charge on any atom is -0.490 e. The standard InChI is InChI=1S/C21H27N3O2/c1-15-20(5-8-25-13-16-3-2-6-22-10-16)21(15)17-9-19(12-23-11-17)26-14-18-4-7-24-18/h2-3,6,9-12,15,18,20-21,24H,4-5,7-8,13-14H2,1H3. The molecule has 2 aromatic rings. The molecule has 0 aromatic carbocycles. The summed E-state index contributed by atoms with van der Waals surface area (Å²) in [6.07, 6.45) is 9.75. The van der Waals surface area contributed by atoms with E-state index in [0.717, 1.165) is 37.5 Å². The predicted molar refractivity (Wildman–Crippen MR) is 100 cm³/mol. The molecule has 1 aliphatic heterocycles. The quantitative estimate of drug-likeness (QED) is 0.702. The van der Waals surface area contributed by atoms with E-state index in [2.05, 4.69) is 28.3 Å². The van der Waals surface area contributed by atoms with E-state index < -0.39 is 0 Å². The third-order valence-electron chi connectivity index (χ3n) is 5.65. The number of pyridine rings is 2. The lowest BCUT2D eigenvalue weighted by Gasteiger charge is -2.27. The van der Waals surface area contributed by atoms with E-state index in [9.17, 15) is 0 Å². The molecule has 2 aromatic heterocycles. The van der Waals surface area contributed by atoms with E-state index in [0.29, 0.717) is 30.4 Å². The molecule has 2 fully saturated rings. The van der Waals surface area contributed by atoms with Crippen molar-refractivity contribution in [2.45, 2.75) is 38.3 Å². The lowest BCUT2D eigenvalue weighted by molar-refractivity contribution is 0.113. The first-order valence-electron chi connectivity index (χ1n) is 9.59. The zero-order chi connectivity index (χ0) is 17.8. The van der Waals surface area contributed by atoms with Crippen LogP contribution in [0.4, 0.5) is 0 Å². The smallest absolute Gasteiger partial charge is 0.137 e. The number of rotatable bonds is 9. The van der Waals surface area contributed by atoms with E-state index >= 15 is 0 Å². The molecule has 4 atom stereocenters. The largest absolute Gasteiger partial charge is 0.490 e. The van der Waals surface area contributed by atoms with Crippen molar-refractivity contribution in [3.63, 3.8) is 0 Å². The Labute approximate surface area is 155 Å². The van der Waals surface area contributed by atoms with Crippen molar-refractivity contribution in [3.05, 3.63) is 54.1 Å².